The van der Waals surface area contributed by atoms with Crippen molar-refractivity contribution in [3.05, 3.63) is 51.3 Å². The number of pyridine rings is 1. The van der Waals surface area contributed by atoms with Crippen LogP contribution in [0.25, 0.3) is 10.9 Å². The van der Waals surface area contributed by atoms with Crippen molar-refractivity contribution in [2.24, 2.45) is 0 Å². The normalized spacial score (nSPS) is 10.9. The van der Waals surface area contributed by atoms with Crippen LogP contribution < -0.4 is 10.3 Å². The van der Waals surface area contributed by atoms with Crippen molar-refractivity contribution in [3.8, 4) is 11.5 Å². The Morgan fingerprint density at radius 1 is 1.26 bits per heavy atom. The van der Waals surface area contributed by atoms with Crippen molar-refractivity contribution >= 4 is 16.6 Å². The molecule has 0 spiro atoms. The van der Waals surface area contributed by atoms with Crippen molar-refractivity contribution in [1.29, 1.82) is 0 Å². The van der Waals surface area contributed by atoms with E-state index in [1.54, 1.807) is 0 Å². The standard InChI is InChI=1S/C20H26N2O5/c1-3-5-6-7-8-9-12-21-17-14-15(22(25)26)10-11-16(17)18(23)19(20(21)24)27-13-4-2/h4,10-11,14,23H,2-3,5-9,12-13H2,1H3. The second-order valence-electron chi connectivity index (χ2n) is 6.46. The largest absolute Gasteiger partial charge is 0.504 e. The molecule has 0 unspecified atom stereocenters. The fourth-order valence-electron chi connectivity index (χ4n) is 3.06. The molecule has 1 N–H and O–H groups in total. The highest BCUT2D eigenvalue weighted by Crippen LogP contribution is 2.33. The van der Waals surface area contributed by atoms with Gasteiger partial charge in [0.25, 0.3) is 11.2 Å². The molecule has 27 heavy (non-hydrogen) atoms. The molecule has 0 atom stereocenters. The Morgan fingerprint density at radius 3 is 2.63 bits per heavy atom. The summed E-state index contributed by atoms with van der Waals surface area (Å²) in [5.41, 5.74) is -0.278. The third-order valence-corrected chi connectivity index (χ3v) is 4.47. The lowest BCUT2D eigenvalue weighted by atomic mass is 10.1. The van der Waals surface area contributed by atoms with Crippen LogP contribution in [-0.2, 0) is 6.54 Å². The first-order valence-corrected chi connectivity index (χ1v) is 9.28. The monoisotopic (exact) mass is 374 g/mol. The number of hydrogen-bond donors (Lipinski definition) is 1. The van der Waals surface area contributed by atoms with Gasteiger partial charge < -0.3 is 14.4 Å². The Balaban J connectivity index is 2.42. The van der Waals surface area contributed by atoms with Crippen LogP contribution in [0.4, 0.5) is 5.69 Å². The average molecular weight is 374 g/mol. The maximum atomic E-state index is 12.8. The van der Waals surface area contributed by atoms with Gasteiger partial charge in [-0.25, -0.2) is 0 Å². The zero-order valence-electron chi connectivity index (χ0n) is 15.6. The van der Waals surface area contributed by atoms with Gasteiger partial charge in [-0.05, 0) is 12.5 Å². The van der Waals surface area contributed by atoms with Gasteiger partial charge in [0, 0.05) is 24.1 Å². The van der Waals surface area contributed by atoms with Gasteiger partial charge in [0.05, 0.1) is 10.4 Å². The number of nitro benzene ring substituents is 1. The lowest BCUT2D eigenvalue weighted by Crippen LogP contribution is -2.23. The Morgan fingerprint density at radius 2 is 1.96 bits per heavy atom. The molecule has 1 aromatic carbocycles. The van der Waals surface area contributed by atoms with Gasteiger partial charge >= 0.3 is 0 Å². The predicted molar refractivity (Wildman–Crippen MR) is 106 cm³/mol. The molecule has 0 bridgehead atoms. The summed E-state index contributed by atoms with van der Waals surface area (Å²) in [6.07, 6.45) is 7.81. The first-order valence-electron chi connectivity index (χ1n) is 9.28. The van der Waals surface area contributed by atoms with Crippen LogP contribution in [0.2, 0.25) is 0 Å². The van der Waals surface area contributed by atoms with Crippen molar-refractivity contribution in [2.75, 3.05) is 6.61 Å². The molecule has 1 heterocycles. The third-order valence-electron chi connectivity index (χ3n) is 4.47. The van der Waals surface area contributed by atoms with Crippen molar-refractivity contribution in [3.63, 3.8) is 0 Å². The molecular weight excluding hydrogens is 348 g/mol. The Hall–Kier alpha value is -2.83. The van der Waals surface area contributed by atoms with Gasteiger partial charge in [-0.3, -0.25) is 14.9 Å². The maximum absolute atomic E-state index is 12.8. The SMILES string of the molecule is C=CCOc1c(O)c2ccc([N+](=O)[O-])cc2n(CCCCCCCC)c1=O. The number of non-ortho nitro benzene ring substituents is 1. The van der Waals surface area contributed by atoms with Crippen LogP contribution in [0, 0.1) is 10.1 Å². The van der Waals surface area contributed by atoms with E-state index in [1.165, 1.54) is 35.3 Å². The summed E-state index contributed by atoms with van der Waals surface area (Å²) in [4.78, 5) is 23.4. The number of benzene rings is 1. The number of aromatic nitrogens is 1. The van der Waals surface area contributed by atoms with Gasteiger partial charge in [-0.2, -0.15) is 0 Å². The van der Waals surface area contributed by atoms with Crippen molar-refractivity contribution in [1.82, 2.24) is 4.57 Å². The van der Waals surface area contributed by atoms with Gasteiger partial charge in [-0.1, -0.05) is 51.7 Å². The summed E-state index contributed by atoms with van der Waals surface area (Å²) >= 11 is 0. The predicted octanol–water partition coefficient (Wildman–Crippen LogP) is 4.54. The van der Waals surface area contributed by atoms with Crippen LogP contribution in [0.15, 0.2) is 35.6 Å². The molecule has 146 valence electrons. The van der Waals surface area contributed by atoms with E-state index < -0.39 is 10.5 Å². The smallest absolute Gasteiger partial charge is 0.297 e. The van der Waals surface area contributed by atoms with Crippen LogP contribution in [-0.4, -0.2) is 21.2 Å². The molecule has 0 fully saturated rings. The first kappa shape index (κ1) is 20.5. The Labute approximate surface area is 158 Å². The molecule has 2 aromatic rings. The Bertz CT molecular complexity index is 873. The zero-order valence-corrected chi connectivity index (χ0v) is 15.6. The van der Waals surface area contributed by atoms with E-state index in [0.717, 1.165) is 32.1 Å². The van der Waals surface area contributed by atoms with E-state index in [4.69, 9.17) is 4.74 Å². The molecule has 7 heteroatoms. The second-order valence-corrected chi connectivity index (χ2v) is 6.46. The van der Waals surface area contributed by atoms with Gasteiger partial charge in [0.2, 0.25) is 5.75 Å². The fourth-order valence-corrected chi connectivity index (χ4v) is 3.06. The molecule has 7 nitrogen and oxygen atoms in total. The van der Waals surface area contributed by atoms with E-state index >= 15 is 0 Å². The summed E-state index contributed by atoms with van der Waals surface area (Å²) in [5.74, 6) is -0.451. The average Bonchev–Trinajstić information content (AvgIpc) is 2.66. The quantitative estimate of drug-likeness (QED) is 0.270. The number of rotatable bonds is 11. The number of fused-ring (bicyclic) bond motifs is 1. The van der Waals surface area contributed by atoms with E-state index in [1.807, 2.05) is 0 Å². The van der Waals surface area contributed by atoms with E-state index in [-0.39, 0.29) is 23.8 Å². The molecule has 2 rings (SSSR count). The van der Waals surface area contributed by atoms with Crippen molar-refractivity contribution in [2.45, 2.75) is 52.0 Å². The van der Waals surface area contributed by atoms with Gasteiger partial charge in [0.15, 0.2) is 5.75 Å². The number of aromatic hydroxyl groups is 1. The summed E-state index contributed by atoms with van der Waals surface area (Å²) in [5, 5.41) is 21.9. The van der Waals surface area contributed by atoms with Crippen LogP contribution in [0.5, 0.6) is 11.5 Å². The van der Waals surface area contributed by atoms with Crippen molar-refractivity contribution < 1.29 is 14.8 Å². The van der Waals surface area contributed by atoms with Crippen LogP contribution in [0.3, 0.4) is 0 Å². The number of hydrogen-bond acceptors (Lipinski definition) is 5. The third kappa shape index (κ3) is 4.87. The number of aryl methyl sites for hydroxylation is 1. The second kappa shape index (κ2) is 9.75. The van der Waals surface area contributed by atoms with E-state index in [2.05, 4.69) is 13.5 Å². The topological polar surface area (TPSA) is 94.6 Å². The minimum atomic E-state index is -0.516. The fraction of sp³-hybridized carbons (Fsp3) is 0.450. The molecular formula is C20H26N2O5. The first-order chi connectivity index (χ1) is 13.0. The van der Waals surface area contributed by atoms with E-state index in [0.29, 0.717) is 17.4 Å². The lowest BCUT2D eigenvalue weighted by molar-refractivity contribution is -0.384. The summed E-state index contributed by atoms with van der Waals surface area (Å²) in [7, 11) is 0. The minimum Gasteiger partial charge on any atom is -0.504 e. The van der Waals surface area contributed by atoms with Crippen LogP contribution >= 0.6 is 0 Å². The van der Waals surface area contributed by atoms with Gasteiger partial charge in [0.1, 0.15) is 6.61 Å². The molecule has 0 aliphatic rings. The van der Waals surface area contributed by atoms with Gasteiger partial charge in [-0.15, -0.1) is 0 Å². The summed E-state index contributed by atoms with van der Waals surface area (Å²) in [6.45, 7) is 6.19. The minimum absolute atomic E-state index is 0.0817. The summed E-state index contributed by atoms with van der Waals surface area (Å²) in [6, 6.07) is 4.07. The molecule has 0 aliphatic carbocycles. The highest BCUT2D eigenvalue weighted by Gasteiger charge is 2.19. The molecule has 1 aromatic heterocycles. The molecule has 0 aliphatic heterocycles. The number of nitro groups is 1. The molecule has 0 saturated heterocycles. The Kier molecular flexibility index (Phi) is 7.40. The number of nitrogens with zero attached hydrogens (tertiary/aromatic N) is 2. The highest BCUT2D eigenvalue weighted by atomic mass is 16.6. The lowest BCUT2D eigenvalue weighted by Gasteiger charge is -2.15. The maximum Gasteiger partial charge on any atom is 0.297 e. The highest BCUT2D eigenvalue weighted by molar-refractivity contribution is 5.89. The zero-order chi connectivity index (χ0) is 19.8. The number of unbranched alkanes of at least 4 members (excludes halogenated alkanes) is 5. The van der Waals surface area contributed by atoms with E-state index in [9.17, 15) is 20.0 Å². The summed E-state index contributed by atoms with van der Waals surface area (Å²) < 4.78 is 6.83. The number of ether oxygens (including phenoxy) is 1. The van der Waals surface area contributed by atoms with Crippen LogP contribution in [0.1, 0.15) is 45.4 Å². The molecule has 0 radical (unpaired) electrons. The molecule has 0 saturated carbocycles. The molecule has 0 amide bonds.